The minimum atomic E-state index is -0.0853. The lowest BCUT2D eigenvalue weighted by Gasteiger charge is -2.19. The number of aromatic nitrogens is 3. The van der Waals surface area contributed by atoms with Gasteiger partial charge in [0.05, 0.1) is 5.52 Å². The Kier molecular flexibility index (Phi) is 3.83. The van der Waals surface area contributed by atoms with Crippen LogP contribution < -0.4 is 0 Å². The van der Waals surface area contributed by atoms with Crippen molar-refractivity contribution in [2.24, 2.45) is 5.92 Å². The second-order valence-corrected chi connectivity index (χ2v) is 8.12. The van der Waals surface area contributed by atoms with Gasteiger partial charge < -0.3 is 0 Å². The minimum absolute atomic E-state index is 0.0321. The van der Waals surface area contributed by atoms with Gasteiger partial charge in [0.15, 0.2) is 5.78 Å². The van der Waals surface area contributed by atoms with Gasteiger partial charge in [-0.15, -0.1) is 5.10 Å². The lowest BCUT2D eigenvalue weighted by Crippen LogP contribution is -2.04. The van der Waals surface area contributed by atoms with Crippen molar-refractivity contribution in [3.63, 3.8) is 0 Å². The van der Waals surface area contributed by atoms with E-state index in [0.717, 1.165) is 41.4 Å². The minimum Gasteiger partial charge on any atom is -0.289 e. The average molecular weight is 369 g/mol. The second kappa shape index (κ2) is 6.26. The van der Waals surface area contributed by atoms with Gasteiger partial charge in [-0.3, -0.25) is 9.89 Å². The zero-order valence-electron chi connectivity index (χ0n) is 16.2. The van der Waals surface area contributed by atoms with Crippen LogP contribution in [0.1, 0.15) is 59.7 Å². The predicted molar refractivity (Wildman–Crippen MR) is 111 cm³/mol. The van der Waals surface area contributed by atoms with Crippen LogP contribution in [0.5, 0.6) is 0 Å². The first-order valence-corrected chi connectivity index (χ1v) is 9.96. The number of hydrogen-bond donors (Lipinski definition) is 1. The fourth-order valence-electron chi connectivity index (χ4n) is 4.73. The van der Waals surface area contributed by atoms with Crippen LogP contribution in [0.4, 0.5) is 0 Å². The number of nitrogens with one attached hydrogen (secondary N) is 1. The smallest absolute Gasteiger partial charge is 0.189 e. The summed E-state index contributed by atoms with van der Waals surface area (Å²) < 4.78 is 0. The molecular formula is C24H23N3O. The maximum Gasteiger partial charge on any atom is 0.189 e. The molecule has 0 bridgehead atoms. The third-order valence-corrected chi connectivity index (χ3v) is 6.36. The molecule has 0 radical (unpaired) electrons. The first-order chi connectivity index (χ1) is 13.6. The molecule has 0 fully saturated rings. The van der Waals surface area contributed by atoms with Crippen LogP contribution in [0.3, 0.4) is 0 Å². The van der Waals surface area contributed by atoms with Crippen molar-refractivity contribution in [1.29, 1.82) is 0 Å². The third-order valence-electron chi connectivity index (χ3n) is 6.36. The number of carbonyl (C=O) groups is 1. The zero-order chi connectivity index (χ0) is 19.4. The number of allylic oxidation sites excluding steroid dienone is 3. The van der Waals surface area contributed by atoms with E-state index in [1.165, 1.54) is 22.3 Å². The summed E-state index contributed by atoms with van der Waals surface area (Å²) in [7, 11) is 0. The Hall–Kier alpha value is -3.01. The Bertz CT molecular complexity index is 1170. The molecule has 2 aliphatic rings. The average Bonchev–Trinajstić information content (AvgIpc) is 3.36. The van der Waals surface area contributed by atoms with Gasteiger partial charge >= 0.3 is 0 Å². The number of Topliss-reactive ketones (excluding diaryl/α,β-unsaturated/α-hetero) is 1. The molecule has 4 nitrogen and oxygen atoms in total. The molecule has 140 valence electrons. The molecule has 2 unspecified atom stereocenters. The van der Waals surface area contributed by atoms with Crippen LogP contribution in [0.15, 0.2) is 54.1 Å². The van der Waals surface area contributed by atoms with Crippen molar-refractivity contribution in [3.05, 3.63) is 76.4 Å². The highest BCUT2D eigenvalue weighted by molar-refractivity contribution is 6.18. The summed E-state index contributed by atoms with van der Waals surface area (Å²) in [4.78, 5) is 13.0. The Balaban J connectivity index is 1.72. The first kappa shape index (κ1) is 17.1. The topological polar surface area (TPSA) is 58.6 Å². The summed E-state index contributed by atoms with van der Waals surface area (Å²) in [6, 6.07) is 12.5. The fourth-order valence-corrected chi connectivity index (χ4v) is 4.73. The number of rotatable bonds is 4. The highest BCUT2D eigenvalue weighted by Crippen LogP contribution is 2.51. The molecule has 4 heteroatoms. The lowest BCUT2D eigenvalue weighted by molar-refractivity contribution is 0.103. The van der Waals surface area contributed by atoms with Gasteiger partial charge in [0.25, 0.3) is 0 Å². The van der Waals surface area contributed by atoms with E-state index in [1.54, 1.807) is 0 Å². The van der Waals surface area contributed by atoms with Crippen molar-refractivity contribution >= 4 is 22.4 Å². The normalized spacial score (nSPS) is 19.4. The molecule has 2 aromatic carbocycles. The van der Waals surface area contributed by atoms with Crippen LogP contribution >= 0.6 is 0 Å². The van der Waals surface area contributed by atoms with Crippen molar-refractivity contribution in [2.45, 2.75) is 39.0 Å². The van der Waals surface area contributed by atoms with Crippen molar-refractivity contribution in [3.8, 4) is 0 Å². The second-order valence-electron chi connectivity index (χ2n) is 8.12. The number of aromatic amines is 1. The summed E-state index contributed by atoms with van der Waals surface area (Å²) in [5, 5.41) is 10.9. The molecule has 5 rings (SSSR count). The van der Waals surface area contributed by atoms with E-state index >= 15 is 0 Å². The highest BCUT2D eigenvalue weighted by atomic mass is 16.1. The van der Waals surface area contributed by atoms with E-state index in [9.17, 15) is 4.79 Å². The molecule has 0 spiro atoms. The van der Waals surface area contributed by atoms with E-state index < -0.39 is 0 Å². The summed E-state index contributed by atoms with van der Waals surface area (Å²) in [6.07, 6.45) is 3.17. The van der Waals surface area contributed by atoms with E-state index in [4.69, 9.17) is 0 Å². The summed E-state index contributed by atoms with van der Waals surface area (Å²) in [6.45, 7) is 8.77. The molecule has 0 saturated heterocycles. The van der Waals surface area contributed by atoms with Crippen molar-refractivity contribution in [2.75, 3.05) is 0 Å². The van der Waals surface area contributed by atoms with E-state index in [2.05, 4.69) is 60.1 Å². The van der Waals surface area contributed by atoms with E-state index in [-0.39, 0.29) is 11.7 Å². The van der Waals surface area contributed by atoms with Gasteiger partial charge in [-0.05, 0) is 53.2 Å². The number of ketones is 1. The van der Waals surface area contributed by atoms with Crippen LogP contribution in [0, 0.1) is 5.92 Å². The third kappa shape index (κ3) is 2.40. The maximum absolute atomic E-state index is 13.0. The van der Waals surface area contributed by atoms with Gasteiger partial charge in [-0.1, -0.05) is 61.9 Å². The summed E-state index contributed by atoms with van der Waals surface area (Å²) in [5.74, 6) is 0.561. The quantitative estimate of drug-likeness (QED) is 0.640. The molecule has 1 aromatic heterocycles. The number of hydrogen-bond acceptors (Lipinski definition) is 3. The van der Waals surface area contributed by atoms with Crippen LogP contribution in [0.25, 0.3) is 16.6 Å². The number of benzene rings is 2. The lowest BCUT2D eigenvalue weighted by atomic mass is 9.83. The largest absolute Gasteiger partial charge is 0.289 e. The Labute approximate surface area is 164 Å². The van der Waals surface area contributed by atoms with Gasteiger partial charge in [-0.25, -0.2) is 0 Å². The monoisotopic (exact) mass is 369 g/mol. The number of carbonyl (C=O) groups excluding carboxylic acids is 1. The van der Waals surface area contributed by atoms with Crippen molar-refractivity contribution in [1.82, 2.24) is 15.4 Å². The Morgan fingerprint density at radius 2 is 2.07 bits per heavy atom. The number of nitrogens with zero attached hydrogens (tertiary/aromatic N) is 2. The molecule has 0 saturated carbocycles. The SMILES string of the molecule is C=C1C(=O)c2cc3nn[nH]c3cc2C1C1=C(CC(C)CC)Cc2ccccc21. The molecule has 2 atom stereocenters. The molecule has 3 aromatic rings. The number of H-pyrrole nitrogens is 1. The molecule has 2 aliphatic carbocycles. The highest BCUT2D eigenvalue weighted by Gasteiger charge is 2.40. The van der Waals surface area contributed by atoms with Gasteiger partial charge in [0, 0.05) is 17.1 Å². The molecular weight excluding hydrogens is 346 g/mol. The van der Waals surface area contributed by atoms with Crippen LogP contribution in [-0.4, -0.2) is 21.2 Å². The molecule has 0 aliphatic heterocycles. The van der Waals surface area contributed by atoms with Crippen molar-refractivity contribution < 1.29 is 4.79 Å². The first-order valence-electron chi connectivity index (χ1n) is 9.96. The zero-order valence-corrected chi connectivity index (χ0v) is 16.2. The molecule has 1 N–H and O–H groups in total. The van der Waals surface area contributed by atoms with E-state index in [0.29, 0.717) is 11.5 Å². The predicted octanol–water partition coefficient (Wildman–Crippen LogP) is 5.24. The fraction of sp³-hybridized carbons (Fsp3) is 0.292. The molecule has 1 heterocycles. The van der Waals surface area contributed by atoms with Crippen LogP contribution in [0.2, 0.25) is 0 Å². The maximum atomic E-state index is 13.0. The van der Waals surface area contributed by atoms with Gasteiger partial charge in [-0.2, -0.15) is 0 Å². The van der Waals surface area contributed by atoms with Crippen LogP contribution in [-0.2, 0) is 6.42 Å². The molecule has 28 heavy (non-hydrogen) atoms. The van der Waals surface area contributed by atoms with E-state index in [1.807, 2.05) is 12.1 Å². The Morgan fingerprint density at radius 3 is 2.89 bits per heavy atom. The van der Waals surface area contributed by atoms with Gasteiger partial charge in [0.1, 0.15) is 5.52 Å². The summed E-state index contributed by atoms with van der Waals surface area (Å²) in [5.41, 5.74) is 9.37. The molecule has 0 amide bonds. The summed E-state index contributed by atoms with van der Waals surface area (Å²) >= 11 is 0. The Morgan fingerprint density at radius 1 is 1.25 bits per heavy atom. The standard InChI is InChI=1S/C24H23N3O/c1-4-13(2)9-16-10-15-7-5-6-8-17(15)23(16)22-14(3)24(28)19-12-21-20(11-18(19)22)25-27-26-21/h5-8,11-13,22H,3-4,9-10H2,1-2H3,(H,25,26,27). The van der Waals surface area contributed by atoms with Gasteiger partial charge in [0.2, 0.25) is 0 Å². The number of fused-ring (bicyclic) bond motifs is 3.